The summed E-state index contributed by atoms with van der Waals surface area (Å²) in [6, 6.07) is 12.1. The zero-order valence-electron chi connectivity index (χ0n) is 15.4. The summed E-state index contributed by atoms with van der Waals surface area (Å²) in [7, 11) is 1.60. The van der Waals surface area contributed by atoms with Gasteiger partial charge in [0.05, 0.1) is 13.0 Å². The van der Waals surface area contributed by atoms with Crippen LogP contribution in [-0.2, 0) is 16.1 Å². The molecule has 1 aliphatic rings. The van der Waals surface area contributed by atoms with Gasteiger partial charge in [0.25, 0.3) is 0 Å². The van der Waals surface area contributed by atoms with Crippen LogP contribution in [0.3, 0.4) is 0 Å². The highest BCUT2D eigenvalue weighted by Gasteiger charge is 2.42. The third-order valence-corrected chi connectivity index (χ3v) is 4.27. The van der Waals surface area contributed by atoms with E-state index in [2.05, 4.69) is 0 Å². The predicted octanol–water partition coefficient (Wildman–Crippen LogP) is 3.22. The molecule has 0 radical (unpaired) electrons. The van der Waals surface area contributed by atoms with Gasteiger partial charge in [0.2, 0.25) is 17.7 Å². The molecule has 2 aromatic carbocycles. The maximum Gasteiger partial charge on any atom is 0.309 e. The second-order valence-corrected chi connectivity index (χ2v) is 6.54. The molecule has 0 heterocycles. The van der Waals surface area contributed by atoms with Crippen molar-refractivity contribution in [1.82, 2.24) is 0 Å². The fourth-order valence-electron chi connectivity index (χ4n) is 2.68. The summed E-state index contributed by atoms with van der Waals surface area (Å²) in [6.45, 7) is 3.59. The van der Waals surface area contributed by atoms with Crippen molar-refractivity contribution in [3.05, 3.63) is 59.2 Å². The van der Waals surface area contributed by atoms with Gasteiger partial charge in [0.15, 0.2) is 0 Å². The Labute approximate surface area is 157 Å². The Bertz CT molecular complexity index is 882. The van der Waals surface area contributed by atoms with Crippen molar-refractivity contribution in [2.75, 3.05) is 7.11 Å². The Morgan fingerprint density at radius 3 is 2.22 bits per heavy atom. The lowest BCUT2D eigenvalue weighted by atomic mass is 10.1. The molecular weight excluding hydrogens is 348 g/mol. The van der Waals surface area contributed by atoms with Crippen LogP contribution < -0.4 is 9.47 Å². The van der Waals surface area contributed by atoms with Crippen LogP contribution in [0.25, 0.3) is 0 Å². The molecule has 1 atom stereocenters. The van der Waals surface area contributed by atoms with Crippen LogP contribution in [-0.4, -0.2) is 30.7 Å². The average Bonchev–Trinajstić information content (AvgIpc) is 2.91. The predicted molar refractivity (Wildman–Crippen MR) is 97.1 cm³/mol. The van der Waals surface area contributed by atoms with E-state index in [4.69, 9.17) is 14.2 Å². The third kappa shape index (κ3) is 3.84. The Kier molecular flexibility index (Phi) is 5.26. The van der Waals surface area contributed by atoms with Gasteiger partial charge in [-0.2, -0.15) is 0 Å². The van der Waals surface area contributed by atoms with Gasteiger partial charge in [-0.05, 0) is 35.9 Å². The summed E-state index contributed by atoms with van der Waals surface area (Å²) in [5, 5.41) is 0. The zero-order chi connectivity index (χ0) is 19.6. The van der Waals surface area contributed by atoms with E-state index in [9.17, 15) is 14.4 Å². The van der Waals surface area contributed by atoms with Crippen molar-refractivity contribution < 1.29 is 28.6 Å². The van der Waals surface area contributed by atoms with E-state index in [0.717, 1.165) is 11.3 Å². The molecule has 0 N–H and O–H groups in total. The lowest BCUT2D eigenvalue weighted by Crippen LogP contribution is -2.30. The summed E-state index contributed by atoms with van der Waals surface area (Å²) >= 11 is 0. The van der Waals surface area contributed by atoms with Crippen molar-refractivity contribution >= 4 is 17.5 Å². The second-order valence-electron chi connectivity index (χ2n) is 6.54. The van der Waals surface area contributed by atoms with Crippen LogP contribution in [0.4, 0.5) is 0 Å². The monoisotopic (exact) mass is 368 g/mol. The minimum Gasteiger partial charge on any atom is -0.497 e. The lowest BCUT2D eigenvalue weighted by molar-refractivity contribution is -0.148. The summed E-state index contributed by atoms with van der Waals surface area (Å²) in [6.07, 6.45) is -1.40. The smallest absolute Gasteiger partial charge is 0.309 e. The molecule has 1 unspecified atom stereocenters. The molecule has 0 spiro atoms. The average molecular weight is 368 g/mol. The molecule has 0 saturated heterocycles. The quantitative estimate of drug-likeness (QED) is 0.575. The number of fused-ring (bicyclic) bond motifs is 1. The van der Waals surface area contributed by atoms with Gasteiger partial charge in [0.1, 0.15) is 18.1 Å². The number of carbonyl (C=O) groups excluding carboxylic acids is 3. The number of methoxy groups -OCH3 is 1. The molecule has 3 rings (SSSR count). The summed E-state index contributed by atoms with van der Waals surface area (Å²) in [4.78, 5) is 36.6. The van der Waals surface area contributed by atoms with Gasteiger partial charge in [-0.3, -0.25) is 14.4 Å². The van der Waals surface area contributed by atoms with Crippen molar-refractivity contribution in [2.24, 2.45) is 5.92 Å². The second kappa shape index (κ2) is 7.61. The number of Topliss-reactive ketones (excluding diaryl/α,β-unsaturated/α-hetero) is 2. The SMILES string of the molecule is COc1ccc(COc2ccc3c(c2)C(=O)C(OC(=O)C(C)C)C3=O)cc1. The first-order chi connectivity index (χ1) is 12.9. The minimum atomic E-state index is -1.40. The van der Waals surface area contributed by atoms with E-state index in [-0.39, 0.29) is 11.1 Å². The highest BCUT2D eigenvalue weighted by atomic mass is 16.6. The van der Waals surface area contributed by atoms with Crippen molar-refractivity contribution in [1.29, 1.82) is 0 Å². The van der Waals surface area contributed by atoms with E-state index in [1.54, 1.807) is 27.0 Å². The molecule has 140 valence electrons. The van der Waals surface area contributed by atoms with Crippen LogP contribution >= 0.6 is 0 Å². The van der Waals surface area contributed by atoms with Gasteiger partial charge >= 0.3 is 5.97 Å². The van der Waals surface area contributed by atoms with Crippen LogP contribution in [0.15, 0.2) is 42.5 Å². The fourth-order valence-corrected chi connectivity index (χ4v) is 2.68. The molecule has 0 amide bonds. The molecule has 0 aromatic heterocycles. The molecule has 0 aliphatic heterocycles. The highest BCUT2D eigenvalue weighted by Crippen LogP contribution is 2.29. The largest absolute Gasteiger partial charge is 0.497 e. The number of esters is 1. The Morgan fingerprint density at radius 1 is 0.963 bits per heavy atom. The first-order valence-electron chi connectivity index (χ1n) is 8.59. The summed E-state index contributed by atoms with van der Waals surface area (Å²) < 4.78 is 15.9. The topological polar surface area (TPSA) is 78.9 Å². The number of carbonyl (C=O) groups is 3. The van der Waals surface area contributed by atoms with Gasteiger partial charge < -0.3 is 14.2 Å². The normalized spacial score (nSPS) is 15.6. The number of ketones is 2. The van der Waals surface area contributed by atoms with Crippen molar-refractivity contribution in [3.63, 3.8) is 0 Å². The number of ether oxygens (including phenoxy) is 3. The van der Waals surface area contributed by atoms with E-state index >= 15 is 0 Å². The molecule has 6 heteroatoms. The van der Waals surface area contributed by atoms with Crippen LogP contribution in [0, 0.1) is 5.92 Å². The highest BCUT2D eigenvalue weighted by molar-refractivity contribution is 6.29. The van der Waals surface area contributed by atoms with Gasteiger partial charge in [-0.1, -0.05) is 26.0 Å². The molecular formula is C21H20O6. The summed E-state index contributed by atoms with van der Waals surface area (Å²) in [5.41, 5.74) is 1.40. The van der Waals surface area contributed by atoms with E-state index < -0.39 is 29.6 Å². The number of hydrogen-bond acceptors (Lipinski definition) is 6. The van der Waals surface area contributed by atoms with E-state index in [1.165, 1.54) is 12.1 Å². The van der Waals surface area contributed by atoms with E-state index in [0.29, 0.717) is 12.4 Å². The van der Waals surface area contributed by atoms with Crippen LogP contribution in [0.2, 0.25) is 0 Å². The molecule has 27 heavy (non-hydrogen) atoms. The maximum atomic E-state index is 12.5. The van der Waals surface area contributed by atoms with Crippen LogP contribution in [0.5, 0.6) is 11.5 Å². The lowest BCUT2D eigenvalue weighted by Gasteiger charge is -2.10. The number of hydrogen-bond donors (Lipinski definition) is 0. The first-order valence-corrected chi connectivity index (χ1v) is 8.59. The fraction of sp³-hybridized carbons (Fsp3) is 0.286. The third-order valence-electron chi connectivity index (χ3n) is 4.27. The van der Waals surface area contributed by atoms with Crippen molar-refractivity contribution in [3.8, 4) is 11.5 Å². The van der Waals surface area contributed by atoms with Crippen LogP contribution in [0.1, 0.15) is 40.1 Å². The van der Waals surface area contributed by atoms with Gasteiger partial charge in [-0.15, -0.1) is 0 Å². The van der Waals surface area contributed by atoms with Crippen molar-refractivity contribution in [2.45, 2.75) is 26.6 Å². The Morgan fingerprint density at radius 2 is 1.59 bits per heavy atom. The standard InChI is InChI=1S/C21H20O6/c1-12(2)21(24)27-20-18(22)16-9-8-15(10-17(16)19(20)23)26-11-13-4-6-14(25-3)7-5-13/h4-10,12,20H,11H2,1-3H3. The summed E-state index contributed by atoms with van der Waals surface area (Å²) in [5.74, 6) is -0.795. The first kappa shape index (κ1) is 18.6. The molecule has 1 aliphatic carbocycles. The Balaban J connectivity index is 1.72. The molecule has 2 aromatic rings. The maximum absolute atomic E-state index is 12.5. The molecule has 6 nitrogen and oxygen atoms in total. The molecule has 0 bridgehead atoms. The number of rotatable bonds is 6. The Hall–Kier alpha value is -3.15. The number of benzene rings is 2. The zero-order valence-corrected chi connectivity index (χ0v) is 15.4. The van der Waals surface area contributed by atoms with Gasteiger partial charge in [0, 0.05) is 11.1 Å². The van der Waals surface area contributed by atoms with Gasteiger partial charge in [-0.25, -0.2) is 0 Å². The van der Waals surface area contributed by atoms with E-state index in [1.807, 2.05) is 24.3 Å². The molecule has 0 saturated carbocycles. The molecule has 0 fully saturated rings. The minimum absolute atomic E-state index is 0.216.